The predicted octanol–water partition coefficient (Wildman–Crippen LogP) is 3.24. The summed E-state index contributed by atoms with van der Waals surface area (Å²) in [4.78, 5) is 10.4. The van der Waals surface area contributed by atoms with E-state index in [0.717, 1.165) is 12.8 Å². The number of nitro benzene ring substituents is 1. The lowest BCUT2D eigenvalue weighted by molar-refractivity contribution is -0.384. The first kappa shape index (κ1) is 15.8. The van der Waals surface area contributed by atoms with Crippen molar-refractivity contribution in [1.29, 1.82) is 0 Å². The summed E-state index contributed by atoms with van der Waals surface area (Å²) < 4.78 is 7.37. The van der Waals surface area contributed by atoms with E-state index in [1.165, 1.54) is 23.0 Å². The van der Waals surface area contributed by atoms with E-state index in [1.54, 1.807) is 6.07 Å². The van der Waals surface area contributed by atoms with Gasteiger partial charge in [-0.2, -0.15) is 14.9 Å². The van der Waals surface area contributed by atoms with Crippen LogP contribution in [0.15, 0.2) is 23.3 Å². The van der Waals surface area contributed by atoms with Crippen molar-refractivity contribution in [2.45, 2.75) is 18.9 Å². The van der Waals surface area contributed by atoms with E-state index in [-0.39, 0.29) is 16.8 Å². The quantitative estimate of drug-likeness (QED) is 0.394. The predicted molar refractivity (Wildman–Crippen MR) is 86.4 cm³/mol. The fourth-order valence-corrected chi connectivity index (χ4v) is 2.65. The highest BCUT2D eigenvalue weighted by molar-refractivity contribution is 7.71. The van der Waals surface area contributed by atoms with E-state index >= 15 is 0 Å². The zero-order valence-corrected chi connectivity index (χ0v) is 13.4. The number of hydrogen-bond acceptors (Lipinski definition) is 6. The molecule has 120 valence electrons. The van der Waals surface area contributed by atoms with Crippen LogP contribution in [-0.2, 0) is 4.74 Å². The molecule has 23 heavy (non-hydrogen) atoms. The van der Waals surface area contributed by atoms with Crippen LogP contribution in [0.25, 0.3) is 0 Å². The molecule has 2 aromatic rings. The summed E-state index contributed by atoms with van der Waals surface area (Å²) in [5, 5.41) is 22.1. The minimum atomic E-state index is -0.541. The number of ether oxygens (including phenoxy) is 1. The molecule has 1 aromatic carbocycles. The van der Waals surface area contributed by atoms with Crippen LogP contribution >= 0.6 is 23.8 Å². The molecule has 3 rings (SSSR count). The van der Waals surface area contributed by atoms with Gasteiger partial charge >= 0.3 is 0 Å². The van der Waals surface area contributed by atoms with Gasteiger partial charge in [-0.1, -0.05) is 17.7 Å². The Morgan fingerprint density at radius 1 is 1.61 bits per heavy atom. The molecule has 1 atom stereocenters. The lowest BCUT2D eigenvalue weighted by atomic mass is 10.2. The molecular weight excluding hydrogens is 342 g/mol. The summed E-state index contributed by atoms with van der Waals surface area (Å²) >= 11 is 10.9. The molecule has 0 aliphatic carbocycles. The van der Waals surface area contributed by atoms with Gasteiger partial charge in [0, 0.05) is 18.2 Å². The number of nitrogens with zero attached hydrogens (tertiary/aromatic N) is 4. The second-order valence-electron chi connectivity index (χ2n) is 4.91. The van der Waals surface area contributed by atoms with Crippen LogP contribution in [0.4, 0.5) is 5.69 Å². The van der Waals surface area contributed by atoms with Crippen molar-refractivity contribution in [3.8, 4) is 0 Å². The third kappa shape index (κ3) is 3.31. The maximum absolute atomic E-state index is 10.9. The zero-order chi connectivity index (χ0) is 16.4. The Bertz CT molecular complexity index is 825. The maximum Gasteiger partial charge on any atom is 0.288 e. The molecule has 0 amide bonds. The number of halogens is 1. The molecule has 1 aliphatic rings. The number of H-pyrrole nitrogens is 1. The molecule has 10 heteroatoms. The van der Waals surface area contributed by atoms with E-state index in [2.05, 4.69) is 15.3 Å². The molecule has 2 heterocycles. The molecule has 8 nitrogen and oxygen atoms in total. The molecule has 0 radical (unpaired) electrons. The summed E-state index contributed by atoms with van der Waals surface area (Å²) in [5.74, 6) is 0.590. The first-order valence-electron chi connectivity index (χ1n) is 6.83. The van der Waals surface area contributed by atoms with Gasteiger partial charge in [0.05, 0.1) is 11.1 Å². The number of hydrogen-bond donors (Lipinski definition) is 1. The smallest absolute Gasteiger partial charge is 0.288 e. The van der Waals surface area contributed by atoms with Crippen molar-refractivity contribution in [2.75, 3.05) is 6.61 Å². The van der Waals surface area contributed by atoms with Gasteiger partial charge in [-0.15, -0.1) is 0 Å². The van der Waals surface area contributed by atoms with E-state index in [9.17, 15) is 10.1 Å². The van der Waals surface area contributed by atoms with Crippen molar-refractivity contribution in [1.82, 2.24) is 14.9 Å². The van der Waals surface area contributed by atoms with Gasteiger partial charge in [-0.25, -0.2) is 0 Å². The van der Waals surface area contributed by atoms with Gasteiger partial charge in [0.2, 0.25) is 4.77 Å². The monoisotopic (exact) mass is 353 g/mol. The first-order valence-corrected chi connectivity index (χ1v) is 7.62. The fourth-order valence-electron chi connectivity index (χ4n) is 2.28. The maximum atomic E-state index is 10.9. The molecule has 0 spiro atoms. The minimum absolute atomic E-state index is 0.0760. The number of nitro groups is 1. The van der Waals surface area contributed by atoms with Crippen molar-refractivity contribution in [2.24, 2.45) is 5.10 Å². The Balaban J connectivity index is 1.92. The summed E-state index contributed by atoms with van der Waals surface area (Å²) in [6, 6.07) is 4.44. The Labute approximate surface area is 140 Å². The van der Waals surface area contributed by atoms with Crippen LogP contribution in [0.2, 0.25) is 5.02 Å². The molecule has 0 saturated carbocycles. The normalized spacial score (nSPS) is 17.9. The molecule has 1 aromatic heterocycles. The number of benzene rings is 1. The number of aromatic amines is 1. The van der Waals surface area contributed by atoms with Crippen molar-refractivity contribution in [3.05, 3.63) is 49.5 Å². The second-order valence-corrected chi connectivity index (χ2v) is 5.71. The molecule has 1 N–H and O–H groups in total. The Hall–Kier alpha value is -2.10. The SMILES string of the molecule is O=[N+]([O-])c1cc(/C=N\n2c(C3CCCO3)n[nH]c2=S)ccc1Cl. The highest BCUT2D eigenvalue weighted by Crippen LogP contribution is 2.27. The minimum Gasteiger partial charge on any atom is -0.370 e. The van der Waals surface area contributed by atoms with Gasteiger partial charge in [-0.05, 0) is 31.1 Å². The summed E-state index contributed by atoms with van der Waals surface area (Å²) in [6.07, 6.45) is 3.12. The lowest BCUT2D eigenvalue weighted by Crippen LogP contribution is -2.05. The Morgan fingerprint density at radius 2 is 2.43 bits per heavy atom. The fraction of sp³-hybridized carbons (Fsp3) is 0.308. The standard InChI is InChI=1S/C13H12ClN5O3S/c14-9-4-3-8(6-10(9)19(20)21)7-15-18-12(16-17-13(18)23)11-2-1-5-22-11/h3-4,6-7,11H,1-2,5H2,(H,17,23)/b15-7-. The van der Waals surface area contributed by atoms with Crippen LogP contribution in [0, 0.1) is 14.9 Å². The Kier molecular flexibility index (Phi) is 4.51. The van der Waals surface area contributed by atoms with E-state index < -0.39 is 4.92 Å². The van der Waals surface area contributed by atoms with Crippen LogP contribution in [0.5, 0.6) is 0 Å². The summed E-state index contributed by atoms with van der Waals surface area (Å²) in [5.41, 5.74) is 0.355. The molecule has 1 aliphatic heterocycles. The number of nitrogens with one attached hydrogen (secondary N) is 1. The summed E-state index contributed by atoms with van der Waals surface area (Å²) in [6.45, 7) is 0.678. The molecule has 1 fully saturated rings. The molecule has 1 unspecified atom stereocenters. The third-order valence-electron chi connectivity index (χ3n) is 3.38. The highest BCUT2D eigenvalue weighted by Gasteiger charge is 2.23. The summed E-state index contributed by atoms with van der Waals surface area (Å²) in [7, 11) is 0. The van der Waals surface area contributed by atoms with Gasteiger partial charge in [0.25, 0.3) is 5.69 Å². The van der Waals surface area contributed by atoms with Crippen molar-refractivity contribution in [3.63, 3.8) is 0 Å². The number of rotatable bonds is 4. The largest absolute Gasteiger partial charge is 0.370 e. The van der Waals surface area contributed by atoms with E-state index in [0.29, 0.717) is 22.8 Å². The van der Waals surface area contributed by atoms with E-state index in [4.69, 9.17) is 28.6 Å². The lowest BCUT2D eigenvalue weighted by Gasteiger charge is -2.07. The van der Waals surface area contributed by atoms with Crippen molar-refractivity contribution < 1.29 is 9.66 Å². The van der Waals surface area contributed by atoms with Gasteiger partial charge in [0.15, 0.2) is 5.82 Å². The molecular formula is C13H12ClN5O3S. The highest BCUT2D eigenvalue weighted by atomic mass is 35.5. The topological polar surface area (TPSA) is 98.3 Å². The van der Waals surface area contributed by atoms with Crippen molar-refractivity contribution >= 4 is 35.7 Å². The third-order valence-corrected chi connectivity index (χ3v) is 3.97. The van der Waals surface area contributed by atoms with Crippen LogP contribution in [-0.4, -0.2) is 32.6 Å². The first-order chi connectivity index (χ1) is 11.1. The van der Waals surface area contributed by atoms with Gasteiger partial charge in [0.1, 0.15) is 11.1 Å². The van der Waals surface area contributed by atoms with Crippen LogP contribution < -0.4 is 0 Å². The van der Waals surface area contributed by atoms with Gasteiger partial charge in [-0.3, -0.25) is 15.2 Å². The average Bonchev–Trinajstić information content (AvgIpc) is 3.16. The second kappa shape index (κ2) is 6.57. The molecule has 1 saturated heterocycles. The van der Waals surface area contributed by atoms with Crippen LogP contribution in [0.1, 0.15) is 30.3 Å². The molecule has 0 bridgehead atoms. The zero-order valence-electron chi connectivity index (χ0n) is 11.8. The average molecular weight is 354 g/mol. The van der Waals surface area contributed by atoms with Gasteiger partial charge < -0.3 is 4.74 Å². The van der Waals surface area contributed by atoms with E-state index in [1.807, 2.05) is 0 Å². The van der Waals surface area contributed by atoms with Crippen LogP contribution in [0.3, 0.4) is 0 Å². The Morgan fingerprint density at radius 3 is 3.13 bits per heavy atom. The number of aromatic nitrogens is 3.